The molecule has 0 spiro atoms. The fraction of sp³-hybridized carbons (Fsp3) is 0.692. The zero-order valence-corrected chi connectivity index (χ0v) is 11.9. The second-order valence-corrected chi connectivity index (χ2v) is 6.15. The predicted molar refractivity (Wildman–Crippen MR) is 73.7 cm³/mol. The lowest BCUT2D eigenvalue weighted by molar-refractivity contribution is 0.0779. The molecule has 0 saturated carbocycles. The Hall–Kier alpha value is -0.940. The van der Waals surface area contributed by atoms with Gasteiger partial charge in [0.25, 0.3) is 5.91 Å². The van der Waals surface area contributed by atoms with Gasteiger partial charge in [-0.05, 0) is 24.8 Å². The maximum absolute atomic E-state index is 12.3. The molecule has 1 fully saturated rings. The number of nitrogens with zero attached hydrogens (tertiary/aromatic N) is 2. The number of carbonyl (C=O) groups excluding carboxylic acids is 1. The van der Waals surface area contributed by atoms with Crippen molar-refractivity contribution in [2.24, 2.45) is 17.6 Å². The third kappa shape index (κ3) is 2.90. The number of likely N-dealkylation sites (tertiary alicyclic amines) is 1. The lowest BCUT2D eigenvalue weighted by Gasteiger charge is -2.17. The van der Waals surface area contributed by atoms with Crippen molar-refractivity contribution in [2.75, 3.05) is 19.6 Å². The van der Waals surface area contributed by atoms with E-state index in [9.17, 15) is 4.79 Å². The third-order valence-corrected chi connectivity index (χ3v) is 4.49. The van der Waals surface area contributed by atoms with E-state index in [0.29, 0.717) is 24.1 Å². The van der Waals surface area contributed by atoms with Crippen LogP contribution in [0.1, 0.15) is 35.8 Å². The van der Waals surface area contributed by atoms with Crippen molar-refractivity contribution in [3.8, 4) is 0 Å². The van der Waals surface area contributed by atoms with Crippen LogP contribution in [0, 0.1) is 11.8 Å². The van der Waals surface area contributed by atoms with E-state index in [0.717, 1.165) is 30.9 Å². The Labute approximate surface area is 112 Å². The van der Waals surface area contributed by atoms with Crippen molar-refractivity contribution in [1.82, 2.24) is 9.88 Å². The van der Waals surface area contributed by atoms with Crippen molar-refractivity contribution in [3.05, 3.63) is 16.1 Å². The molecule has 5 heteroatoms. The summed E-state index contributed by atoms with van der Waals surface area (Å²) in [7, 11) is 0. The van der Waals surface area contributed by atoms with Gasteiger partial charge in [0.15, 0.2) is 0 Å². The van der Waals surface area contributed by atoms with Crippen molar-refractivity contribution in [2.45, 2.75) is 26.7 Å². The molecule has 0 bridgehead atoms. The summed E-state index contributed by atoms with van der Waals surface area (Å²) in [6.45, 7) is 6.77. The van der Waals surface area contributed by atoms with Crippen LogP contribution in [0.15, 0.2) is 5.38 Å². The van der Waals surface area contributed by atoms with E-state index in [1.807, 2.05) is 10.3 Å². The Morgan fingerprint density at radius 2 is 2.44 bits per heavy atom. The molecule has 1 unspecified atom stereocenters. The summed E-state index contributed by atoms with van der Waals surface area (Å²) in [4.78, 5) is 18.6. The Balaban J connectivity index is 1.99. The number of nitrogens with two attached hydrogens (primary N) is 1. The van der Waals surface area contributed by atoms with Gasteiger partial charge in [0.2, 0.25) is 0 Å². The van der Waals surface area contributed by atoms with Crippen LogP contribution in [0.2, 0.25) is 0 Å². The van der Waals surface area contributed by atoms with Crippen LogP contribution >= 0.6 is 11.3 Å². The number of hydrogen-bond donors (Lipinski definition) is 1. The molecular formula is C13H21N3OS. The molecule has 1 amide bonds. The van der Waals surface area contributed by atoms with Crippen LogP contribution < -0.4 is 5.73 Å². The first-order chi connectivity index (χ1) is 8.61. The van der Waals surface area contributed by atoms with Gasteiger partial charge in [-0.15, -0.1) is 11.3 Å². The average Bonchev–Trinajstić information content (AvgIpc) is 2.97. The van der Waals surface area contributed by atoms with E-state index in [1.165, 1.54) is 11.3 Å². The summed E-state index contributed by atoms with van der Waals surface area (Å²) in [5.74, 6) is 1.36. The average molecular weight is 267 g/mol. The van der Waals surface area contributed by atoms with Gasteiger partial charge in [0.05, 0.1) is 5.01 Å². The smallest absolute Gasteiger partial charge is 0.273 e. The summed E-state index contributed by atoms with van der Waals surface area (Å²) in [6, 6.07) is 0. The molecular weight excluding hydrogens is 246 g/mol. The van der Waals surface area contributed by atoms with E-state index < -0.39 is 0 Å². The molecule has 2 N–H and O–H groups in total. The first-order valence-corrected chi connectivity index (χ1v) is 7.43. The minimum absolute atomic E-state index is 0.0812. The van der Waals surface area contributed by atoms with Crippen LogP contribution in [0.3, 0.4) is 0 Å². The molecule has 0 aliphatic carbocycles. The van der Waals surface area contributed by atoms with Crippen LogP contribution in [-0.2, 0) is 6.42 Å². The fourth-order valence-electron chi connectivity index (χ4n) is 2.33. The van der Waals surface area contributed by atoms with Crippen LogP contribution in [0.5, 0.6) is 0 Å². The highest BCUT2D eigenvalue weighted by atomic mass is 32.1. The topological polar surface area (TPSA) is 59.2 Å². The molecule has 1 aromatic rings. The van der Waals surface area contributed by atoms with Crippen molar-refractivity contribution in [3.63, 3.8) is 0 Å². The zero-order chi connectivity index (χ0) is 13.1. The molecule has 1 atom stereocenters. The van der Waals surface area contributed by atoms with Crippen LogP contribution in [-0.4, -0.2) is 35.4 Å². The van der Waals surface area contributed by atoms with Gasteiger partial charge in [-0.25, -0.2) is 4.98 Å². The molecule has 4 nitrogen and oxygen atoms in total. The summed E-state index contributed by atoms with van der Waals surface area (Å²) >= 11 is 1.53. The maximum Gasteiger partial charge on any atom is 0.273 e. The largest absolute Gasteiger partial charge is 0.337 e. The summed E-state index contributed by atoms with van der Waals surface area (Å²) in [6.07, 6.45) is 1.87. The van der Waals surface area contributed by atoms with E-state index >= 15 is 0 Å². The first-order valence-electron chi connectivity index (χ1n) is 6.55. The van der Waals surface area contributed by atoms with E-state index in [-0.39, 0.29) is 5.91 Å². The lowest BCUT2D eigenvalue weighted by Crippen LogP contribution is -2.29. The number of amides is 1. The second-order valence-electron chi connectivity index (χ2n) is 5.21. The Morgan fingerprint density at radius 3 is 3.06 bits per heavy atom. The van der Waals surface area contributed by atoms with E-state index in [4.69, 9.17) is 5.73 Å². The van der Waals surface area contributed by atoms with Crippen molar-refractivity contribution >= 4 is 17.2 Å². The Bertz CT molecular complexity index is 416. The quantitative estimate of drug-likeness (QED) is 0.904. The molecule has 0 aromatic carbocycles. The van der Waals surface area contributed by atoms with Gasteiger partial charge in [0.1, 0.15) is 5.69 Å². The Kier molecular flexibility index (Phi) is 4.35. The zero-order valence-electron chi connectivity index (χ0n) is 11.1. The number of thiazole rings is 1. The number of carbonyl (C=O) groups is 1. The number of hydrogen-bond acceptors (Lipinski definition) is 4. The SMILES string of the molecule is CC(C)C1CCN(C(=O)c2csc(CCN)n2)C1. The van der Waals surface area contributed by atoms with Gasteiger partial charge in [0, 0.05) is 24.9 Å². The van der Waals surface area contributed by atoms with Gasteiger partial charge < -0.3 is 10.6 Å². The number of aromatic nitrogens is 1. The van der Waals surface area contributed by atoms with Gasteiger partial charge in [-0.2, -0.15) is 0 Å². The molecule has 100 valence electrons. The summed E-state index contributed by atoms with van der Waals surface area (Å²) in [5, 5.41) is 2.82. The highest BCUT2D eigenvalue weighted by Gasteiger charge is 2.29. The lowest BCUT2D eigenvalue weighted by atomic mass is 9.95. The monoisotopic (exact) mass is 267 g/mol. The van der Waals surface area contributed by atoms with Crippen molar-refractivity contribution in [1.29, 1.82) is 0 Å². The molecule has 1 saturated heterocycles. The molecule has 0 radical (unpaired) electrons. The van der Waals surface area contributed by atoms with Crippen molar-refractivity contribution < 1.29 is 4.79 Å². The summed E-state index contributed by atoms with van der Waals surface area (Å²) < 4.78 is 0. The highest BCUT2D eigenvalue weighted by Crippen LogP contribution is 2.25. The van der Waals surface area contributed by atoms with E-state index in [2.05, 4.69) is 18.8 Å². The van der Waals surface area contributed by atoms with Crippen LogP contribution in [0.25, 0.3) is 0 Å². The third-order valence-electron chi connectivity index (χ3n) is 3.58. The minimum atomic E-state index is 0.0812. The van der Waals surface area contributed by atoms with Gasteiger partial charge in [-0.1, -0.05) is 13.8 Å². The number of rotatable bonds is 4. The highest BCUT2D eigenvalue weighted by molar-refractivity contribution is 7.09. The molecule has 18 heavy (non-hydrogen) atoms. The normalized spacial score (nSPS) is 19.8. The van der Waals surface area contributed by atoms with E-state index in [1.54, 1.807) is 0 Å². The first kappa shape index (κ1) is 13.5. The fourth-order valence-corrected chi connectivity index (χ4v) is 3.11. The minimum Gasteiger partial charge on any atom is -0.337 e. The molecule has 1 aromatic heterocycles. The molecule has 2 heterocycles. The standard InChI is InChI=1S/C13H21N3OS/c1-9(2)10-4-6-16(7-10)13(17)11-8-18-12(15-11)3-5-14/h8-10H,3-7,14H2,1-2H3. The predicted octanol–water partition coefficient (Wildman–Crippen LogP) is 1.76. The Morgan fingerprint density at radius 1 is 1.67 bits per heavy atom. The van der Waals surface area contributed by atoms with Gasteiger partial charge >= 0.3 is 0 Å². The molecule has 2 rings (SSSR count). The van der Waals surface area contributed by atoms with Gasteiger partial charge in [-0.3, -0.25) is 4.79 Å². The maximum atomic E-state index is 12.3. The molecule has 1 aliphatic rings. The molecule has 1 aliphatic heterocycles. The van der Waals surface area contributed by atoms with Crippen LogP contribution in [0.4, 0.5) is 0 Å². The summed E-state index contributed by atoms with van der Waals surface area (Å²) in [5.41, 5.74) is 6.08. The second kappa shape index (κ2) is 5.80.